The molecule has 0 saturated carbocycles. The fourth-order valence-electron chi connectivity index (χ4n) is 2.70. The van der Waals surface area contributed by atoms with Gasteiger partial charge in [-0.15, -0.1) is 0 Å². The molecule has 3 rings (SSSR count). The third-order valence-electron chi connectivity index (χ3n) is 4.15. The Labute approximate surface area is 184 Å². The molecule has 150 valence electrons. The van der Waals surface area contributed by atoms with Crippen LogP contribution in [0.25, 0.3) is 0 Å². The van der Waals surface area contributed by atoms with Gasteiger partial charge in [0.2, 0.25) is 5.91 Å². The van der Waals surface area contributed by atoms with Gasteiger partial charge in [-0.3, -0.25) is 4.79 Å². The van der Waals surface area contributed by atoms with Gasteiger partial charge >= 0.3 is 0 Å². The van der Waals surface area contributed by atoms with Crippen LogP contribution in [-0.2, 0) is 11.2 Å². The average molecular weight is 451 g/mol. The third kappa shape index (κ3) is 5.80. The quantitative estimate of drug-likeness (QED) is 0.421. The van der Waals surface area contributed by atoms with E-state index in [9.17, 15) is 4.79 Å². The maximum atomic E-state index is 12.5. The summed E-state index contributed by atoms with van der Waals surface area (Å²) in [6, 6.07) is 17.5. The van der Waals surface area contributed by atoms with Crippen molar-refractivity contribution in [2.75, 3.05) is 12.4 Å². The van der Waals surface area contributed by atoms with Crippen molar-refractivity contribution in [3.05, 3.63) is 81.3 Å². The fraction of sp³-hybridized carbons (Fsp3) is 0.136. The van der Waals surface area contributed by atoms with Crippen molar-refractivity contribution in [2.24, 2.45) is 0 Å². The Morgan fingerprint density at radius 3 is 2.34 bits per heavy atom. The van der Waals surface area contributed by atoms with Crippen LogP contribution in [0.4, 0.5) is 5.69 Å². The Balaban J connectivity index is 1.72. The Kier molecular flexibility index (Phi) is 7.26. The molecule has 0 aliphatic rings. The smallest absolute Gasteiger partial charge is 0.224 e. The predicted octanol–water partition coefficient (Wildman–Crippen LogP) is 7.02. The lowest BCUT2D eigenvalue weighted by molar-refractivity contribution is -0.116. The van der Waals surface area contributed by atoms with Gasteiger partial charge in [0.1, 0.15) is 11.5 Å². The maximum Gasteiger partial charge on any atom is 0.224 e. The van der Waals surface area contributed by atoms with Gasteiger partial charge < -0.3 is 14.8 Å². The number of hydrogen-bond donors (Lipinski definition) is 1. The van der Waals surface area contributed by atoms with Gasteiger partial charge in [0, 0.05) is 27.6 Å². The fourth-order valence-corrected chi connectivity index (χ4v) is 3.46. The van der Waals surface area contributed by atoms with E-state index in [0.717, 1.165) is 5.56 Å². The number of amides is 1. The highest BCUT2D eigenvalue weighted by molar-refractivity contribution is 6.36. The second-order valence-electron chi connectivity index (χ2n) is 6.17. The van der Waals surface area contributed by atoms with Crippen LogP contribution in [0.5, 0.6) is 17.2 Å². The zero-order valence-electron chi connectivity index (χ0n) is 15.5. The van der Waals surface area contributed by atoms with Gasteiger partial charge in [-0.2, -0.15) is 0 Å². The van der Waals surface area contributed by atoms with Crippen molar-refractivity contribution in [3.63, 3.8) is 0 Å². The lowest BCUT2D eigenvalue weighted by atomic mass is 10.1. The molecule has 29 heavy (non-hydrogen) atoms. The molecule has 0 saturated heterocycles. The van der Waals surface area contributed by atoms with Gasteiger partial charge in [-0.05, 0) is 54.4 Å². The highest BCUT2D eigenvalue weighted by atomic mass is 35.5. The molecule has 3 aromatic rings. The largest absolute Gasteiger partial charge is 0.497 e. The molecule has 3 aromatic carbocycles. The maximum absolute atomic E-state index is 12.5. The normalized spacial score (nSPS) is 10.5. The van der Waals surface area contributed by atoms with Crippen molar-refractivity contribution < 1.29 is 14.3 Å². The summed E-state index contributed by atoms with van der Waals surface area (Å²) in [6.07, 6.45) is 0.617. The Morgan fingerprint density at radius 2 is 1.62 bits per heavy atom. The van der Waals surface area contributed by atoms with E-state index >= 15 is 0 Å². The van der Waals surface area contributed by atoms with E-state index in [1.54, 1.807) is 55.6 Å². The van der Waals surface area contributed by atoms with Gasteiger partial charge in [0.25, 0.3) is 0 Å². The number of carbonyl (C=O) groups is 1. The molecule has 7 heteroatoms. The predicted molar refractivity (Wildman–Crippen MR) is 118 cm³/mol. The zero-order valence-corrected chi connectivity index (χ0v) is 17.8. The van der Waals surface area contributed by atoms with E-state index in [1.807, 2.05) is 12.1 Å². The minimum atomic E-state index is -0.209. The molecule has 0 aliphatic heterocycles. The topological polar surface area (TPSA) is 47.6 Å². The number of rotatable bonds is 7. The molecular formula is C22H18Cl3NO3. The summed E-state index contributed by atoms with van der Waals surface area (Å²) >= 11 is 18.4. The van der Waals surface area contributed by atoms with Crippen LogP contribution in [0.15, 0.2) is 60.7 Å². The van der Waals surface area contributed by atoms with Crippen LogP contribution in [0, 0.1) is 0 Å². The first-order valence-electron chi connectivity index (χ1n) is 8.80. The van der Waals surface area contributed by atoms with Crippen LogP contribution in [0.1, 0.15) is 12.0 Å². The van der Waals surface area contributed by atoms with E-state index in [-0.39, 0.29) is 12.3 Å². The minimum Gasteiger partial charge on any atom is -0.497 e. The number of benzene rings is 3. The van der Waals surface area contributed by atoms with Crippen LogP contribution in [0.2, 0.25) is 15.1 Å². The van der Waals surface area contributed by atoms with Crippen molar-refractivity contribution >= 4 is 46.4 Å². The van der Waals surface area contributed by atoms with Crippen LogP contribution >= 0.6 is 34.8 Å². The number of anilines is 1. The molecule has 0 bridgehead atoms. The molecule has 0 fully saturated rings. The molecule has 0 aliphatic carbocycles. The van der Waals surface area contributed by atoms with E-state index in [0.29, 0.717) is 44.4 Å². The molecule has 1 N–H and O–H groups in total. The Hall–Kier alpha value is -2.40. The summed E-state index contributed by atoms with van der Waals surface area (Å²) in [5.41, 5.74) is 1.21. The summed E-state index contributed by atoms with van der Waals surface area (Å²) in [5.74, 6) is 1.49. The first kappa shape index (κ1) is 21.3. The summed E-state index contributed by atoms with van der Waals surface area (Å²) in [4.78, 5) is 12.5. The lowest BCUT2D eigenvalue weighted by Gasteiger charge is -2.14. The number of methoxy groups -OCH3 is 1. The molecule has 1 amide bonds. The van der Waals surface area contributed by atoms with E-state index in [2.05, 4.69) is 5.32 Å². The van der Waals surface area contributed by atoms with Crippen LogP contribution < -0.4 is 14.8 Å². The molecule has 0 radical (unpaired) electrons. The standard InChI is InChI=1S/C22H18Cl3NO3/c1-28-15-4-2-5-16(13-15)29-21-10-8-14(23)12-20(21)26-22(27)11-9-17-18(24)6-3-7-19(17)25/h2-8,10,12-13H,9,11H2,1H3,(H,26,27). The van der Waals surface area contributed by atoms with E-state index in [4.69, 9.17) is 44.3 Å². The molecule has 0 heterocycles. The van der Waals surface area contributed by atoms with Crippen molar-refractivity contribution in [3.8, 4) is 17.2 Å². The number of carbonyl (C=O) groups excluding carboxylic acids is 1. The second-order valence-corrected chi connectivity index (χ2v) is 7.42. The van der Waals surface area contributed by atoms with Gasteiger partial charge in [-0.1, -0.05) is 46.9 Å². The number of ether oxygens (including phenoxy) is 2. The number of halogens is 3. The molecule has 0 aromatic heterocycles. The first-order valence-corrected chi connectivity index (χ1v) is 9.94. The molecule has 0 spiro atoms. The minimum absolute atomic E-state index is 0.203. The molecule has 0 atom stereocenters. The van der Waals surface area contributed by atoms with Crippen molar-refractivity contribution in [1.29, 1.82) is 0 Å². The van der Waals surface area contributed by atoms with E-state index < -0.39 is 0 Å². The average Bonchev–Trinajstić information content (AvgIpc) is 2.70. The number of hydrogen-bond acceptors (Lipinski definition) is 3. The summed E-state index contributed by atoms with van der Waals surface area (Å²) in [5, 5.41) is 4.40. The highest BCUT2D eigenvalue weighted by Gasteiger charge is 2.13. The third-order valence-corrected chi connectivity index (χ3v) is 5.09. The van der Waals surface area contributed by atoms with Crippen molar-refractivity contribution in [2.45, 2.75) is 12.8 Å². The molecular weight excluding hydrogens is 433 g/mol. The van der Waals surface area contributed by atoms with Crippen molar-refractivity contribution in [1.82, 2.24) is 0 Å². The van der Waals surface area contributed by atoms with E-state index in [1.165, 1.54) is 0 Å². The van der Waals surface area contributed by atoms with Gasteiger partial charge in [0.15, 0.2) is 5.75 Å². The Bertz CT molecular complexity index is 1000. The lowest BCUT2D eigenvalue weighted by Crippen LogP contribution is -2.13. The van der Waals surface area contributed by atoms with Gasteiger partial charge in [-0.25, -0.2) is 0 Å². The first-order chi connectivity index (χ1) is 14.0. The van der Waals surface area contributed by atoms with Crippen LogP contribution in [-0.4, -0.2) is 13.0 Å². The summed E-state index contributed by atoms with van der Waals surface area (Å²) in [7, 11) is 1.58. The summed E-state index contributed by atoms with van der Waals surface area (Å²) in [6.45, 7) is 0. The highest BCUT2D eigenvalue weighted by Crippen LogP contribution is 2.33. The zero-order chi connectivity index (χ0) is 20.8. The molecule has 0 unspecified atom stereocenters. The van der Waals surface area contributed by atoms with Crippen LogP contribution in [0.3, 0.4) is 0 Å². The number of nitrogens with one attached hydrogen (secondary N) is 1. The Morgan fingerprint density at radius 1 is 0.931 bits per heavy atom. The monoisotopic (exact) mass is 449 g/mol. The van der Waals surface area contributed by atoms with Gasteiger partial charge in [0.05, 0.1) is 12.8 Å². The molecule has 4 nitrogen and oxygen atoms in total. The summed E-state index contributed by atoms with van der Waals surface area (Å²) < 4.78 is 11.1. The second kappa shape index (κ2) is 9.88. The SMILES string of the molecule is COc1cccc(Oc2ccc(Cl)cc2NC(=O)CCc2c(Cl)cccc2Cl)c1.